The fourth-order valence-electron chi connectivity index (χ4n) is 2.78. The number of ether oxygens (including phenoxy) is 3. The van der Waals surface area contributed by atoms with Crippen LogP contribution in [-0.4, -0.2) is 29.8 Å². The van der Waals surface area contributed by atoms with Gasteiger partial charge in [-0.2, -0.15) is 4.98 Å². The number of aromatic nitrogens is 2. The summed E-state index contributed by atoms with van der Waals surface area (Å²) in [5.41, 5.74) is 2.74. The number of carbonyl (C=O) groups excluding carboxylic acids is 1. The Kier molecular flexibility index (Phi) is 4.67. The van der Waals surface area contributed by atoms with Crippen LogP contribution in [0.5, 0.6) is 11.5 Å². The quantitative estimate of drug-likeness (QED) is 0.648. The minimum Gasteiger partial charge on any atom is -0.465 e. The predicted molar refractivity (Wildman–Crippen MR) is 104 cm³/mol. The zero-order chi connectivity index (χ0) is 19.5. The number of nitrogens with one attached hydrogen (secondary N) is 2. The summed E-state index contributed by atoms with van der Waals surface area (Å²) in [6, 6.07) is 14.4. The van der Waals surface area contributed by atoms with E-state index in [-0.39, 0.29) is 6.79 Å². The Bertz CT molecular complexity index is 1040. The predicted octanol–water partition coefficient (Wildman–Crippen LogP) is 3.79. The summed E-state index contributed by atoms with van der Waals surface area (Å²) in [7, 11) is 1.35. The van der Waals surface area contributed by atoms with Crippen molar-refractivity contribution in [2.75, 3.05) is 24.5 Å². The summed E-state index contributed by atoms with van der Waals surface area (Å²) in [6.45, 7) is 2.10. The van der Waals surface area contributed by atoms with Gasteiger partial charge in [-0.15, -0.1) is 0 Å². The molecule has 0 radical (unpaired) electrons. The smallest absolute Gasteiger partial charge is 0.337 e. The highest BCUT2D eigenvalue weighted by Gasteiger charge is 2.14. The molecule has 4 rings (SSSR count). The lowest BCUT2D eigenvalue weighted by Crippen LogP contribution is -2.04. The van der Waals surface area contributed by atoms with Crippen LogP contribution in [0.4, 0.5) is 23.1 Å². The van der Waals surface area contributed by atoms with Crippen molar-refractivity contribution >= 4 is 29.1 Å². The fourth-order valence-corrected chi connectivity index (χ4v) is 2.78. The molecule has 28 heavy (non-hydrogen) atoms. The van der Waals surface area contributed by atoms with Crippen molar-refractivity contribution in [2.24, 2.45) is 0 Å². The Labute approximate surface area is 161 Å². The summed E-state index contributed by atoms with van der Waals surface area (Å²) >= 11 is 0. The van der Waals surface area contributed by atoms with Crippen LogP contribution in [0.2, 0.25) is 0 Å². The van der Waals surface area contributed by atoms with Gasteiger partial charge in [-0.25, -0.2) is 9.78 Å². The molecular weight excluding hydrogens is 360 g/mol. The van der Waals surface area contributed by atoms with Gasteiger partial charge in [-0.1, -0.05) is 6.07 Å². The molecule has 2 N–H and O–H groups in total. The van der Waals surface area contributed by atoms with Gasteiger partial charge in [0.1, 0.15) is 5.82 Å². The molecule has 0 unspecified atom stereocenters. The van der Waals surface area contributed by atoms with Crippen molar-refractivity contribution in [1.82, 2.24) is 9.97 Å². The lowest BCUT2D eigenvalue weighted by atomic mass is 10.2. The van der Waals surface area contributed by atoms with Crippen LogP contribution >= 0.6 is 0 Å². The molecule has 0 saturated carbocycles. The topological polar surface area (TPSA) is 94.6 Å². The Balaban J connectivity index is 1.55. The van der Waals surface area contributed by atoms with Crippen LogP contribution < -0.4 is 20.1 Å². The molecule has 8 heteroatoms. The van der Waals surface area contributed by atoms with Gasteiger partial charge in [0.15, 0.2) is 11.5 Å². The van der Waals surface area contributed by atoms with Crippen LogP contribution in [0.1, 0.15) is 16.1 Å². The van der Waals surface area contributed by atoms with Gasteiger partial charge < -0.3 is 24.8 Å². The first-order valence-electron chi connectivity index (χ1n) is 8.58. The van der Waals surface area contributed by atoms with Crippen molar-refractivity contribution in [2.45, 2.75) is 6.92 Å². The number of methoxy groups -OCH3 is 1. The minimum atomic E-state index is -0.396. The van der Waals surface area contributed by atoms with E-state index in [1.807, 2.05) is 37.3 Å². The second kappa shape index (κ2) is 7.43. The van der Waals surface area contributed by atoms with E-state index in [2.05, 4.69) is 20.6 Å². The SMILES string of the molecule is COC(=O)c1cccc(Nc2cc(C)nc(Nc3ccc4c(c3)OCO4)n2)c1. The average molecular weight is 378 g/mol. The molecule has 142 valence electrons. The molecule has 1 aliphatic heterocycles. The average Bonchev–Trinajstić information content (AvgIpc) is 3.15. The highest BCUT2D eigenvalue weighted by molar-refractivity contribution is 5.90. The third-order valence-corrected chi connectivity index (χ3v) is 4.04. The molecule has 0 bridgehead atoms. The number of nitrogens with zero attached hydrogens (tertiary/aromatic N) is 2. The molecular formula is C20H18N4O4. The summed E-state index contributed by atoms with van der Waals surface area (Å²) in [6.07, 6.45) is 0. The van der Waals surface area contributed by atoms with E-state index in [4.69, 9.17) is 14.2 Å². The molecule has 2 aromatic carbocycles. The van der Waals surface area contributed by atoms with Crippen molar-refractivity contribution < 1.29 is 19.0 Å². The van der Waals surface area contributed by atoms with E-state index in [1.165, 1.54) is 7.11 Å². The van der Waals surface area contributed by atoms with Crippen LogP contribution in [0, 0.1) is 6.92 Å². The largest absolute Gasteiger partial charge is 0.465 e. The molecule has 1 aromatic heterocycles. The monoisotopic (exact) mass is 378 g/mol. The first kappa shape index (κ1) is 17.6. The summed E-state index contributed by atoms with van der Waals surface area (Å²) in [4.78, 5) is 20.6. The second-order valence-corrected chi connectivity index (χ2v) is 6.11. The Morgan fingerprint density at radius 1 is 1.00 bits per heavy atom. The summed E-state index contributed by atoms with van der Waals surface area (Å²) < 4.78 is 15.5. The molecule has 0 fully saturated rings. The maximum atomic E-state index is 11.7. The number of hydrogen-bond donors (Lipinski definition) is 2. The molecule has 1 aliphatic rings. The lowest BCUT2D eigenvalue weighted by Gasteiger charge is -2.11. The van der Waals surface area contributed by atoms with Crippen LogP contribution in [0.3, 0.4) is 0 Å². The van der Waals surface area contributed by atoms with Crippen molar-refractivity contribution in [3.8, 4) is 11.5 Å². The van der Waals surface area contributed by atoms with E-state index in [0.29, 0.717) is 28.8 Å². The zero-order valence-corrected chi connectivity index (χ0v) is 15.4. The van der Waals surface area contributed by atoms with Crippen LogP contribution in [0.15, 0.2) is 48.5 Å². The molecule has 0 spiro atoms. The first-order chi connectivity index (χ1) is 13.6. The zero-order valence-electron chi connectivity index (χ0n) is 15.4. The molecule has 2 heterocycles. The first-order valence-corrected chi connectivity index (χ1v) is 8.58. The third-order valence-electron chi connectivity index (χ3n) is 4.04. The number of esters is 1. The van der Waals surface area contributed by atoms with E-state index in [1.54, 1.807) is 18.2 Å². The van der Waals surface area contributed by atoms with E-state index in [0.717, 1.165) is 17.1 Å². The van der Waals surface area contributed by atoms with E-state index >= 15 is 0 Å². The highest BCUT2D eigenvalue weighted by atomic mass is 16.7. The molecule has 0 amide bonds. The van der Waals surface area contributed by atoms with Gasteiger partial charge >= 0.3 is 5.97 Å². The molecule has 3 aromatic rings. The second-order valence-electron chi connectivity index (χ2n) is 6.11. The van der Waals surface area contributed by atoms with Gasteiger partial charge in [-0.05, 0) is 37.3 Å². The number of carbonyl (C=O) groups is 1. The fraction of sp³-hybridized carbons (Fsp3) is 0.150. The van der Waals surface area contributed by atoms with Gasteiger partial charge in [0.2, 0.25) is 12.7 Å². The van der Waals surface area contributed by atoms with Crippen LogP contribution in [0.25, 0.3) is 0 Å². The number of benzene rings is 2. The Morgan fingerprint density at radius 3 is 2.68 bits per heavy atom. The van der Waals surface area contributed by atoms with Crippen molar-refractivity contribution in [3.05, 3.63) is 59.8 Å². The van der Waals surface area contributed by atoms with E-state index in [9.17, 15) is 4.79 Å². The number of aryl methyl sites for hydroxylation is 1. The standard InChI is InChI=1S/C20H18N4O4/c1-12-8-18(22-14-5-3-4-13(9-14)19(25)26-2)24-20(21-12)23-15-6-7-16-17(10-15)28-11-27-16/h3-10H,11H2,1-2H3,(H2,21,22,23,24). The molecule has 0 aliphatic carbocycles. The lowest BCUT2D eigenvalue weighted by molar-refractivity contribution is 0.0601. The summed E-state index contributed by atoms with van der Waals surface area (Å²) in [5.74, 6) is 2.02. The summed E-state index contributed by atoms with van der Waals surface area (Å²) in [5, 5.41) is 6.36. The molecule has 0 saturated heterocycles. The normalized spacial score (nSPS) is 11.8. The van der Waals surface area contributed by atoms with Crippen molar-refractivity contribution in [1.29, 1.82) is 0 Å². The maximum Gasteiger partial charge on any atom is 0.337 e. The number of fused-ring (bicyclic) bond motifs is 1. The van der Waals surface area contributed by atoms with Gasteiger partial charge in [0.25, 0.3) is 0 Å². The Morgan fingerprint density at radius 2 is 1.82 bits per heavy atom. The van der Waals surface area contributed by atoms with Gasteiger partial charge in [-0.3, -0.25) is 0 Å². The van der Waals surface area contributed by atoms with E-state index < -0.39 is 5.97 Å². The van der Waals surface area contributed by atoms with Crippen LogP contribution in [-0.2, 0) is 4.74 Å². The van der Waals surface area contributed by atoms with Gasteiger partial charge in [0.05, 0.1) is 12.7 Å². The van der Waals surface area contributed by atoms with Gasteiger partial charge in [0, 0.05) is 29.2 Å². The van der Waals surface area contributed by atoms with Crippen molar-refractivity contribution in [3.63, 3.8) is 0 Å². The maximum absolute atomic E-state index is 11.7. The number of hydrogen-bond acceptors (Lipinski definition) is 8. The number of rotatable bonds is 5. The highest BCUT2D eigenvalue weighted by Crippen LogP contribution is 2.34. The molecule has 8 nitrogen and oxygen atoms in total. The minimum absolute atomic E-state index is 0.221. The molecule has 0 atom stereocenters. The number of anilines is 4. The Hall–Kier alpha value is -3.81. The third kappa shape index (κ3) is 3.80.